The highest BCUT2D eigenvalue weighted by Crippen LogP contribution is 2.22. The first-order chi connectivity index (χ1) is 11.1. The molecule has 0 saturated carbocycles. The second-order valence-corrected chi connectivity index (χ2v) is 6.10. The van der Waals surface area contributed by atoms with Gasteiger partial charge in [-0.15, -0.1) is 0 Å². The molecule has 0 fully saturated rings. The summed E-state index contributed by atoms with van der Waals surface area (Å²) in [6, 6.07) is 12.4. The number of nitrogens with zero attached hydrogens (tertiary/aromatic N) is 1. The summed E-state index contributed by atoms with van der Waals surface area (Å²) in [6.45, 7) is 6.26. The first-order valence-corrected chi connectivity index (χ1v) is 8.41. The Labute approximate surface area is 140 Å². The zero-order chi connectivity index (χ0) is 17.1. The van der Waals surface area contributed by atoms with Crippen molar-refractivity contribution in [2.75, 3.05) is 6.61 Å². The summed E-state index contributed by atoms with van der Waals surface area (Å²) >= 11 is 0. The lowest BCUT2D eigenvalue weighted by molar-refractivity contribution is -0.138. The third kappa shape index (κ3) is 7.15. The van der Waals surface area contributed by atoms with Gasteiger partial charge in [0.15, 0.2) is 0 Å². The number of ether oxygens (including phenoxy) is 1. The molecule has 3 heteroatoms. The molecule has 0 amide bonds. The summed E-state index contributed by atoms with van der Waals surface area (Å²) in [5.74, 6) is -0.0643. The predicted octanol–water partition coefficient (Wildman–Crippen LogP) is 4.83. The van der Waals surface area contributed by atoms with Crippen LogP contribution in [0.25, 0.3) is 0 Å². The van der Waals surface area contributed by atoms with Crippen molar-refractivity contribution in [3.63, 3.8) is 0 Å². The summed E-state index contributed by atoms with van der Waals surface area (Å²) in [6.07, 6.45) is 4.60. The normalized spacial score (nSPS) is 11.8. The minimum absolute atomic E-state index is 0.209. The van der Waals surface area contributed by atoms with Gasteiger partial charge in [-0.2, -0.15) is 5.26 Å². The van der Waals surface area contributed by atoms with Gasteiger partial charge in [-0.1, -0.05) is 44.2 Å². The van der Waals surface area contributed by atoms with Crippen molar-refractivity contribution in [2.24, 2.45) is 5.92 Å². The van der Waals surface area contributed by atoms with Crippen molar-refractivity contribution >= 4 is 5.97 Å². The van der Waals surface area contributed by atoms with Crippen LogP contribution in [-0.4, -0.2) is 12.6 Å². The smallest absolute Gasteiger partial charge is 0.348 e. The standard InChI is InChI=1S/C20H27NO2/c1-4-23-20(22)19(15-21)18(14-16(2)3)13-9-8-12-17-10-6-5-7-11-17/h5-7,10-11,16H,4,8-9,12-14H2,1-3H3. The van der Waals surface area contributed by atoms with Crippen molar-refractivity contribution in [2.45, 2.75) is 52.9 Å². The largest absolute Gasteiger partial charge is 0.462 e. The molecule has 0 saturated heterocycles. The number of allylic oxidation sites excluding steroid dienone is 1. The summed E-state index contributed by atoms with van der Waals surface area (Å²) in [4.78, 5) is 11.9. The number of carbonyl (C=O) groups excluding carboxylic acids is 1. The fourth-order valence-corrected chi connectivity index (χ4v) is 2.61. The number of nitriles is 1. The van der Waals surface area contributed by atoms with E-state index in [4.69, 9.17) is 4.74 Å². The molecular weight excluding hydrogens is 286 g/mol. The molecule has 0 bridgehead atoms. The third-order valence-corrected chi connectivity index (χ3v) is 3.64. The Morgan fingerprint density at radius 3 is 2.48 bits per heavy atom. The van der Waals surface area contributed by atoms with Crippen molar-refractivity contribution in [1.82, 2.24) is 0 Å². The van der Waals surface area contributed by atoms with E-state index in [9.17, 15) is 10.1 Å². The number of benzene rings is 1. The average Bonchev–Trinajstić information content (AvgIpc) is 2.52. The SMILES string of the molecule is CCOC(=O)C(C#N)=C(CCCCc1ccccc1)CC(C)C. The minimum atomic E-state index is -0.478. The maximum atomic E-state index is 11.9. The molecule has 0 unspecified atom stereocenters. The van der Waals surface area contributed by atoms with Gasteiger partial charge >= 0.3 is 5.97 Å². The van der Waals surface area contributed by atoms with Gasteiger partial charge in [-0.3, -0.25) is 0 Å². The zero-order valence-corrected chi connectivity index (χ0v) is 14.5. The van der Waals surface area contributed by atoms with Crippen LogP contribution in [-0.2, 0) is 16.0 Å². The van der Waals surface area contributed by atoms with Crippen LogP contribution >= 0.6 is 0 Å². The van der Waals surface area contributed by atoms with Crippen molar-refractivity contribution in [1.29, 1.82) is 5.26 Å². The third-order valence-electron chi connectivity index (χ3n) is 3.64. The first kappa shape index (κ1) is 19.0. The Bertz CT molecular complexity index is 553. The molecular formula is C20H27NO2. The molecule has 1 rings (SSSR count). The number of hydrogen-bond acceptors (Lipinski definition) is 3. The van der Waals surface area contributed by atoms with Gasteiger partial charge in [-0.05, 0) is 56.1 Å². The predicted molar refractivity (Wildman–Crippen MR) is 92.7 cm³/mol. The highest BCUT2D eigenvalue weighted by Gasteiger charge is 2.17. The lowest BCUT2D eigenvalue weighted by Crippen LogP contribution is -2.10. The number of rotatable bonds is 9. The summed E-state index contributed by atoms with van der Waals surface area (Å²) in [7, 11) is 0. The van der Waals surface area contributed by atoms with Gasteiger partial charge in [0.2, 0.25) is 0 Å². The van der Waals surface area contributed by atoms with Crippen LogP contribution in [0.5, 0.6) is 0 Å². The maximum Gasteiger partial charge on any atom is 0.348 e. The van der Waals surface area contributed by atoms with E-state index in [1.807, 2.05) is 18.2 Å². The molecule has 3 nitrogen and oxygen atoms in total. The van der Waals surface area contributed by atoms with E-state index in [2.05, 4.69) is 32.0 Å². The second kappa shape index (κ2) is 10.6. The topological polar surface area (TPSA) is 50.1 Å². The van der Waals surface area contributed by atoms with Gasteiger partial charge in [0, 0.05) is 0 Å². The Morgan fingerprint density at radius 2 is 1.91 bits per heavy atom. The summed E-state index contributed by atoms with van der Waals surface area (Å²) in [5, 5.41) is 9.33. The molecule has 23 heavy (non-hydrogen) atoms. The Balaban J connectivity index is 2.66. The van der Waals surface area contributed by atoms with Crippen LogP contribution < -0.4 is 0 Å². The molecule has 0 aromatic heterocycles. The minimum Gasteiger partial charge on any atom is -0.462 e. The average molecular weight is 313 g/mol. The fraction of sp³-hybridized carbons (Fsp3) is 0.500. The van der Waals surface area contributed by atoms with E-state index >= 15 is 0 Å². The quantitative estimate of drug-likeness (QED) is 0.284. The van der Waals surface area contributed by atoms with Gasteiger partial charge in [-0.25, -0.2) is 4.79 Å². The first-order valence-electron chi connectivity index (χ1n) is 8.41. The fourth-order valence-electron chi connectivity index (χ4n) is 2.61. The number of hydrogen-bond donors (Lipinski definition) is 0. The summed E-state index contributed by atoms with van der Waals surface area (Å²) in [5.41, 5.74) is 2.47. The number of aryl methyl sites for hydroxylation is 1. The molecule has 124 valence electrons. The maximum absolute atomic E-state index is 11.9. The molecule has 0 aliphatic carbocycles. The molecule has 0 spiro atoms. The van der Waals surface area contributed by atoms with Crippen molar-refractivity contribution < 1.29 is 9.53 Å². The Hall–Kier alpha value is -2.08. The van der Waals surface area contributed by atoms with E-state index < -0.39 is 5.97 Å². The number of esters is 1. The lowest BCUT2D eigenvalue weighted by Gasteiger charge is -2.13. The molecule has 0 aliphatic rings. The van der Waals surface area contributed by atoms with Gasteiger partial charge in [0.1, 0.15) is 11.6 Å². The van der Waals surface area contributed by atoms with Crippen molar-refractivity contribution in [3.8, 4) is 6.07 Å². The van der Waals surface area contributed by atoms with Gasteiger partial charge in [0.05, 0.1) is 6.61 Å². The molecule has 0 radical (unpaired) electrons. The van der Waals surface area contributed by atoms with Crippen LogP contribution in [0.1, 0.15) is 52.0 Å². The highest BCUT2D eigenvalue weighted by atomic mass is 16.5. The Kier molecular flexibility index (Phi) is 8.75. The molecule has 0 atom stereocenters. The molecule has 0 heterocycles. The monoisotopic (exact) mass is 313 g/mol. The van der Waals surface area contributed by atoms with Gasteiger partial charge in [0.25, 0.3) is 0 Å². The lowest BCUT2D eigenvalue weighted by atomic mass is 9.93. The molecule has 1 aromatic rings. The number of carbonyl (C=O) groups is 1. The van der Waals surface area contributed by atoms with E-state index in [0.717, 1.165) is 37.7 Å². The van der Waals surface area contributed by atoms with E-state index in [1.54, 1.807) is 6.92 Å². The second-order valence-electron chi connectivity index (χ2n) is 6.10. The zero-order valence-electron chi connectivity index (χ0n) is 14.5. The van der Waals surface area contributed by atoms with Crippen LogP contribution in [0.2, 0.25) is 0 Å². The molecule has 1 aromatic carbocycles. The van der Waals surface area contributed by atoms with Crippen LogP contribution in [0.3, 0.4) is 0 Å². The Morgan fingerprint density at radius 1 is 1.22 bits per heavy atom. The molecule has 0 aliphatic heterocycles. The highest BCUT2D eigenvalue weighted by molar-refractivity contribution is 5.93. The molecule has 0 N–H and O–H groups in total. The van der Waals surface area contributed by atoms with Crippen molar-refractivity contribution in [3.05, 3.63) is 47.0 Å². The van der Waals surface area contributed by atoms with E-state index in [1.165, 1.54) is 5.56 Å². The number of unbranched alkanes of at least 4 members (excludes halogenated alkanes) is 1. The van der Waals surface area contributed by atoms with Crippen LogP contribution in [0.4, 0.5) is 0 Å². The van der Waals surface area contributed by atoms with Gasteiger partial charge < -0.3 is 4.74 Å². The summed E-state index contributed by atoms with van der Waals surface area (Å²) < 4.78 is 5.01. The van der Waals surface area contributed by atoms with E-state index in [-0.39, 0.29) is 5.57 Å². The van der Waals surface area contributed by atoms with Crippen LogP contribution in [0, 0.1) is 17.2 Å². The van der Waals surface area contributed by atoms with Crippen LogP contribution in [0.15, 0.2) is 41.5 Å². The van der Waals surface area contributed by atoms with E-state index in [0.29, 0.717) is 12.5 Å².